The number of rotatable bonds is 0. The fourth-order valence-corrected chi connectivity index (χ4v) is 3.08. The molecule has 2 saturated heterocycles. The van der Waals surface area contributed by atoms with Gasteiger partial charge >= 0.3 is 0 Å². The normalized spacial score (nSPS) is 38.8. The van der Waals surface area contributed by atoms with Crippen LogP contribution in [0.2, 0.25) is 0 Å². The molecule has 0 amide bonds. The van der Waals surface area contributed by atoms with Crippen molar-refractivity contribution in [3.63, 3.8) is 0 Å². The van der Waals surface area contributed by atoms with Crippen molar-refractivity contribution in [2.75, 3.05) is 26.7 Å². The van der Waals surface area contributed by atoms with Crippen molar-refractivity contribution >= 4 is 0 Å². The van der Waals surface area contributed by atoms with Gasteiger partial charge in [-0.25, -0.2) is 0 Å². The first kappa shape index (κ1) is 10.4. The summed E-state index contributed by atoms with van der Waals surface area (Å²) in [7, 11) is 2.23. The molecule has 2 atom stereocenters. The molecule has 2 heterocycles. The van der Waals surface area contributed by atoms with Gasteiger partial charge in [0, 0.05) is 6.61 Å². The van der Waals surface area contributed by atoms with Gasteiger partial charge in [0.25, 0.3) is 0 Å². The smallest absolute Gasteiger partial charge is 0.0604 e. The summed E-state index contributed by atoms with van der Waals surface area (Å²) in [6.45, 7) is 8.07. The molecule has 2 heteroatoms. The minimum Gasteiger partial charge on any atom is -0.378 e. The summed E-state index contributed by atoms with van der Waals surface area (Å²) in [5.41, 5.74) is 0.504. The first-order valence-electron chi connectivity index (χ1n) is 5.92. The lowest BCUT2D eigenvalue weighted by Crippen LogP contribution is -2.49. The fraction of sp³-hybridized carbons (Fsp3) is 1.00. The van der Waals surface area contributed by atoms with E-state index < -0.39 is 0 Å². The molecule has 0 aromatic heterocycles. The molecule has 0 saturated carbocycles. The van der Waals surface area contributed by atoms with E-state index in [1.807, 2.05) is 0 Å². The van der Waals surface area contributed by atoms with Crippen molar-refractivity contribution in [3.8, 4) is 0 Å². The van der Waals surface area contributed by atoms with Crippen LogP contribution >= 0.6 is 0 Å². The van der Waals surface area contributed by atoms with E-state index in [1.54, 1.807) is 0 Å². The Kier molecular flexibility index (Phi) is 2.85. The lowest BCUT2D eigenvalue weighted by molar-refractivity contribution is -0.119. The molecule has 2 aliphatic rings. The molecular formula is C12H23NO. The van der Waals surface area contributed by atoms with E-state index in [-0.39, 0.29) is 0 Å². The zero-order valence-electron chi connectivity index (χ0n) is 9.75. The molecule has 2 rings (SSSR count). The highest BCUT2D eigenvalue weighted by atomic mass is 16.5. The van der Waals surface area contributed by atoms with E-state index in [2.05, 4.69) is 25.8 Å². The Balaban J connectivity index is 2.05. The number of piperidine rings is 1. The minimum atomic E-state index is 0.479. The molecule has 0 bridgehead atoms. The maximum atomic E-state index is 5.90. The summed E-state index contributed by atoms with van der Waals surface area (Å²) in [4.78, 5) is 2.44. The van der Waals surface area contributed by atoms with E-state index >= 15 is 0 Å². The Hall–Kier alpha value is -0.0800. The molecule has 14 heavy (non-hydrogen) atoms. The quantitative estimate of drug-likeness (QED) is 0.590. The van der Waals surface area contributed by atoms with E-state index in [1.165, 1.54) is 32.4 Å². The molecule has 2 fully saturated rings. The third kappa shape index (κ3) is 1.82. The van der Waals surface area contributed by atoms with Crippen molar-refractivity contribution in [3.05, 3.63) is 0 Å². The molecule has 0 N–H and O–H groups in total. The molecule has 2 aliphatic heterocycles. The lowest BCUT2D eigenvalue weighted by Gasteiger charge is -2.49. The van der Waals surface area contributed by atoms with E-state index in [4.69, 9.17) is 4.74 Å². The Bertz CT molecular complexity index is 196. The first-order valence-corrected chi connectivity index (χ1v) is 5.92. The van der Waals surface area contributed by atoms with E-state index in [0.29, 0.717) is 11.5 Å². The van der Waals surface area contributed by atoms with Gasteiger partial charge in [0.15, 0.2) is 0 Å². The highest BCUT2D eigenvalue weighted by molar-refractivity contribution is 4.93. The zero-order chi connectivity index (χ0) is 10.2. The van der Waals surface area contributed by atoms with Crippen molar-refractivity contribution < 1.29 is 4.74 Å². The predicted octanol–water partition coefficient (Wildman–Crippen LogP) is 2.14. The molecule has 82 valence electrons. The average molecular weight is 197 g/mol. The standard InChI is InChI=1S/C12H23NO/c1-10-8-12(11(2)14-9-10)4-6-13(3)7-5-12/h10-11H,4-9H2,1-3H3. The van der Waals surface area contributed by atoms with Gasteiger partial charge in [-0.2, -0.15) is 0 Å². The van der Waals surface area contributed by atoms with Crippen LogP contribution in [-0.2, 0) is 4.74 Å². The highest BCUT2D eigenvalue weighted by Crippen LogP contribution is 2.44. The molecule has 2 nitrogen and oxygen atoms in total. The van der Waals surface area contributed by atoms with Crippen LogP contribution in [0.5, 0.6) is 0 Å². The monoisotopic (exact) mass is 197 g/mol. The predicted molar refractivity (Wildman–Crippen MR) is 58.4 cm³/mol. The minimum absolute atomic E-state index is 0.479. The van der Waals surface area contributed by atoms with Crippen molar-refractivity contribution in [1.82, 2.24) is 4.90 Å². The second kappa shape index (κ2) is 3.82. The van der Waals surface area contributed by atoms with Crippen LogP contribution in [-0.4, -0.2) is 37.7 Å². The summed E-state index contributed by atoms with van der Waals surface area (Å²) in [6, 6.07) is 0. The molecule has 0 aromatic rings. The topological polar surface area (TPSA) is 12.5 Å². The first-order chi connectivity index (χ1) is 6.62. The van der Waals surface area contributed by atoms with Gasteiger partial charge in [-0.15, -0.1) is 0 Å². The SMILES string of the molecule is CC1COC(C)C2(CCN(C)CC2)C1. The molecule has 2 unspecified atom stereocenters. The fourth-order valence-electron chi connectivity index (χ4n) is 3.08. The number of hydrogen-bond acceptors (Lipinski definition) is 2. The third-order valence-electron chi connectivity index (χ3n) is 4.23. The van der Waals surface area contributed by atoms with Crippen LogP contribution in [0.15, 0.2) is 0 Å². The van der Waals surface area contributed by atoms with Crippen LogP contribution < -0.4 is 0 Å². The van der Waals surface area contributed by atoms with Crippen molar-refractivity contribution in [2.24, 2.45) is 11.3 Å². The third-order valence-corrected chi connectivity index (χ3v) is 4.23. The zero-order valence-corrected chi connectivity index (χ0v) is 9.75. The van der Waals surface area contributed by atoms with Gasteiger partial charge in [0.1, 0.15) is 0 Å². The Labute approximate surface area is 87.6 Å². The van der Waals surface area contributed by atoms with Gasteiger partial charge in [-0.3, -0.25) is 0 Å². The Morgan fingerprint density at radius 1 is 1.21 bits per heavy atom. The van der Waals surface area contributed by atoms with Crippen LogP contribution in [0.3, 0.4) is 0 Å². The molecule has 1 spiro atoms. The number of likely N-dealkylation sites (tertiary alicyclic amines) is 1. The largest absolute Gasteiger partial charge is 0.378 e. The summed E-state index contributed by atoms with van der Waals surface area (Å²) in [5.74, 6) is 0.759. The van der Waals surface area contributed by atoms with Gasteiger partial charge in [0.2, 0.25) is 0 Å². The molecule has 0 radical (unpaired) electrons. The second-order valence-electron chi connectivity index (χ2n) is 5.45. The number of hydrogen-bond donors (Lipinski definition) is 0. The molecular weight excluding hydrogens is 174 g/mol. The lowest BCUT2D eigenvalue weighted by atomic mass is 9.68. The van der Waals surface area contributed by atoms with Crippen LogP contribution in [0.25, 0.3) is 0 Å². The van der Waals surface area contributed by atoms with Gasteiger partial charge in [-0.1, -0.05) is 6.92 Å². The van der Waals surface area contributed by atoms with Gasteiger partial charge in [-0.05, 0) is 57.7 Å². The van der Waals surface area contributed by atoms with Gasteiger partial charge < -0.3 is 9.64 Å². The van der Waals surface area contributed by atoms with E-state index in [0.717, 1.165) is 12.5 Å². The number of nitrogens with zero attached hydrogens (tertiary/aromatic N) is 1. The summed E-state index contributed by atoms with van der Waals surface area (Å²) >= 11 is 0. The van der Waals surface area contributed by atoms with Crippen molar-refractivity contribution in [1.29, 1.82) is 0 Å². The summed E-state index contributed by atoms with van der Waals surface area (Å²) in [5, 5.41) is 0. The Morgan fingerprint density at radius 2 is 1.86 bits per heavy atom. The average Bonchev–Trinajstić information content (AvgIpc) is 2.17. The van der Waals surface area contributed by atoms with Crippen molar-refractivity contribution in [2.45, 2.75) is 39.2 Å². The Morgan fingerprint density at radius 3 is 2.50 bits per heavy atom. The maximum absolute atomic E-state index is 5.90. The maximum Gasteiger partial charge on any atom is 0.0604 e. The summed E-state index contributed by atoms with van der Waals surface area (Å²) in [6.07, 6.45) is 4.51. The van der Waals surface area contributed by atoms with E-state index in [9.17, 15) is 0 Å². The highest BCUT2D eigenvalue weighted by Gasteiger charge is 2.42. The van der Waals surface area contributed by atoms with Gasteiger partial charge in [0.05, 0.1) is 6.10 Å². The molecule has 0 aromatic carbocycles. The van der Waals surface area contributed by atoms with Crippen LogP contribution in [0, 0.1) is 11.3 Å². The molecule has 0 aliphatic carbocycles. The summed E-state index contributed by atoms with van der Waals surface area (Å²) < 4.78 is 5.90. The van der Waals surface area contributed by atoms with Crippen LogP contribution in [0.4, 0.5) is 0 Å². The number of ether oxygens (including phenoxy) is 1. The van der Waals surface area contributed by atoms with Crippen LogP contribution in [0.1, 0.15) is 33.1 Å². The second-order valence-corrected chi connectivity index (χ2v) is 5.45.